The number of aliphatic hydroxyl groups excluding tert-OH is 1. The smallest absolute Gasteiger partial charge is 0.250 e. The van der Waals surface area contributed by atoms with E-state index in [9.17, 15) is 9.90 Å². The number of hydrogen-bond donors (Lipinski definition) is 3. The summed E-state index contributed by atoms with van der Waals surface area (Å²) in [5.41, 5.74) is 1.17. The Morgan fingerprint density at radius 1 is 1.16 bits per heavy atom. The fraction of sp³-hybridized carbons (Fsp3) is 0.667. The molecule has 25 heavy (non-hydrogen) atoms. The first-order chi connectivity index (χ1) is 12.2. The van der Waals surface area contributed by atoms with E-state index in [1.54, 1.807) is 0 Å². The molecule has 3 N–H and O–H groups in total. The lowest BCUT2D eigenvalue weighted by Crippen LogP contribution is -2.51. The van der Waals surface area contributed by atoms with Gasteiger partial charge in [-0.2, -0.15) is 0 Å². The van der Waals surface area contributed by atoms with Gasteiger partial charge in [0, 0.05) is 18.6 Å². The maximum atomic E-state index is 12.5. The van der Waals surface area contributed by atoms with Gasteiger partial charge >= 0.3 is 0 Å². The van der Waals surface area contributed by atoms with Gasteiger partial charge in [-0.1, -0.05) is 75.8 Å². The number of aliphatic hydroxyl groups is 1. The summed E-state index contributed by atoms with van der Waals surface area (Å²) in [6.07, 6.45) is 8.80. The summed E-state index contributed by atoms with van der Waals surface area (Å²) >= 11 is 0. The van der Waals surface area contributed by atoms with Crippen LogP contribution in [0.1, 0.15) is 70.3 Å². The van der Waals surface area contributed by atoms with E-state index in [1.807, 2.05) is 18.2 Å². The predicted octanol–water partition coefficient (Wildman–Crippen LogP) is 3.53. The molecule has 1 aromatic carbocycles. The number of amides is 1. The van der Waals surface area contributed by atoms with Crippen molar-refractivity contribution in [1.82, 2.24) is 10.6 Å². The molecule has 0 spiro atoms. The van der Waals surface area contributed by atoms with Crippen molar-refractivity contribution >= 4 is 5.91 Å². The van der Waals surface area contributed by atoms with Crippen molar-refractivity contribution in [3.8, 4) is 0 Å². The first-order valence-corrected chi connectivity index (χ1v) is 9.96. The molecule has 0 unspecified atom stereocenters. The van der Waals surface area contributed by atoms with Crippen LogP contribution in [0.25, 0.3) is 0 Å². The Morgan fingerprint density at radius 3 is 2.56 bits per heavy atom. The minimum atomic E-state index is -0.984. The van der Waals surface area contributed by atoms with Crippen LogP contribution in [0.3, 0.4) is 0 Å². The van der Waals surface area contributed by atoms with Crippen LogP contribution in [0.5, 0.6) is 0 Å². The number of carbonyl (C=O) groups is 1. The van der Waals surface area contributed by atoms with Gasteiger partial charge < -0.3 is 15.7 Å². The average molecular weight is 347 g/mol. The number of carbonyl (C=O) groups excluding carboxylic acids is 1. The van der Waals surface area contributed by atoms with Gasteiger partial charge in [-0.3, -0.25) is 4.79 Å². The van der Waals surface area contributed by atoms with Crippen molar-refractivity contribution in [2.24, 2.45) is 0 Å². The van der Waals surface area contributed by atoms with E-state index in [1.165, 1.54) is 24.8 Å². The Morgan fingerprint density at radius 2 is 1.88 bits per heavy atom. The second-order valence-electron chi connectivity index (χ2n) is 7.26. The lowest BCUT2D eigenvalue weighted by molar-refractivity contribution is -0.132. The number of hydrogen-bond acceptors (Lipinski definition) is 3. The van der Waals surface area contributed by atoms with Gasteiger partial charge in [0.25, 0.3) is 5.91 Å². The summed E-state index contributed by atoms with van der Waals surface area (Å²) in [6.45, 7) is 2.84. The van der Waals surface area contributed by atoms with Crippen molar-refractivity contribution in [2.45, 2.75) is 89.4 Å². The minimum absolute atomic E-state index is 0.199. The third-order valence-corrected chi connectivity index (χ3v) is 5.13. The Kier molecular flexibility index (Phi) is 8.98. The van der Waals surface area contributed by atoms with Gasteiger partial charge in [0.15, 0.2) is 0 Å². The van der Waals surface area contributed by atoms with Crippen LogP contribution < -0.4 is 10.6 Å². The highest BCUT2D eigenvalue weighted by molar-refractivity contribution is 5.81. The topological polar surface area (TPSA) is 61.4 Å². The van der Waals surface area contributed by atoms with Gasteiger partial charge in [-0.25, -0.2) is 0 Å². The zero-order valence-electron chi connectivity index (χ0n) is 15.5. The molecule has 4 heteroatoms. The fourth-order valence-electron chi connectivity index (χ4n) is 3.55. The van der Waals surface area contributed by atoms with Crippen molar-refractivity contribution in [2.75, 3.05) is 0 Å². The number of rotatable bonds is 10. The van der Waals surface area contributed by atoms with Crippen LogP contribution in [0, 0.1) is 0 Å². The predicted molar refractivity (Wildman–Crippen MR) is 102 cm³/mol. The van der Waals surface area contributed by atoms with Gasteiger partial charge in [0.1, 0.15) is 6.10 Å². The molecule has 1 aliphatic rings. The van der Waals surface area contributed by atoms with E-state index in [0.29, 0.717) is 6.54 Å². The van der Waals surface area contributed by atoms with Gasteiger partial charge in [-0.05, 0) is 24.8 Å². The summed E-state index contributed by atoms with van der Waals surface area (Å²) < 4.78 is 0. The highest BCUT2D eigenvalue weighted by Gasteiger charge is 2.27. The monoisotopic (exact) mass is 346 g/mol. The SMILES string of the molecule is CCCCC[C@H](NCc1ccccc1)[C@H](O)C(=O)NC1CCCCC1. The van der Waals surface area contributed by atoms with Crippen LogP contribution in [-0.4, -0.2) is 29.2 Å². The third-order valence-electron chi connectivity index (χ3n) is 5.13. The largest absolute Gasteiger partial charge is 0.382 e. The second kappa shape index (κ2) is 11.3. The number of nitrogens with one attached hydrogen (secondary N) is 2. The molecule has 4 nitrogen and oxygen atoms in total. The molecular weight excluding hydrogens is 312 g/mol. The number of benzene rings is 1. The molecule has 2 atom stereocenters. The summed E-state index contributed by atoms with van der Waals surface area (Å²) in [6, 6.07) is 10.2. The lowest BCUT2D eigenvalue weighted by Gasteiger charge is -2.28. The van der Waals surface area contributed by atoms with Crippen LogP contribution in [-0.2, 0) is 11.3 Å². The molecule has 0 aliphatic heterocycles. The molecular formula is C21H34N2O2. The maximum absolute atomic E-state index is 12.5. The third kappa shape index (κ3) is 7.17. The molecule has 1 aliphatic carbocycles. The lowest BCUT2D eigenvalue weighted by atomic mass is 9.94. The molecule has 0 aromatic heterocycles. The first kappa shape index (κ1) is 19.9. The molecule has 0 saturated heterocycles. The van der Waals surface area contributed by atoms with Crippen LogP contribution in [0.15, 0.2) is 30.3 Å². The van der Waals surface area contributed by atoms with Gasteiger partial charge in [-0.15, -0.1) is 0 Å². The van der Waals surface area contributed by atoms with E-state index in [2.05, 4.69) is 29.7 Å². The summed E-state index contributed by atoms with van der Waals surface area (Å²) in [5, 5.41) is 17.1. The van der Waals surface area contributed by atoms with E-state index in [0.717, 1.165) is 38.5 Å². The standard InChI is InChI=1S/C21H34N2O2/c1-2-3-6-15-19(22-16-17-11-7-4-8-12-17)20(24)21(25)23-18-13-9-5-10-14-18/h4,7-8,11-12,18-20,22,24H,2-3,5-6,9-10,13-16H2,1H3,(H,23,25)/t19-,20-/m0/s1. The van der Waals surface area contributed by atoms with Crippen LogP contribution in [0.2, 0.25) is 0 Å². The van der Waals surface area contributed by atoms with E-state index < -0.39 is 6.10 Å². The van der Waals surface area contributed by atoms with Crippen LogP contribution >= 0.6 is 0 Å². The highest BCUT2D eigenvalue weighted by Crippen LogP contribution is 2.18. The molecule has 1 saturated carbocycles. The van der Waals surface area contributed by atoms with E-state index in [4.69, 9.17) is 0 Å². The van der Waals surface area contributed by atoms with Crippen molar-refractivity contribution in [3.63, 3.8) is 0 Å². The normalized spacial score (nSPS) is 17.8. The van der Waals surface area contributed by atoms with Crippen molar-refractivity contribution in [1.29, 1.82) is 0 Å². The molecule has 1 amide bonds. The van der Waals surface area contributed by atoms with Crippen molar-refractivity contribution in [3.05, 3.63) is 35.9 Å². The molecule has 0 bridgehead atoms. The van der Waals surface area contributed by atoms with E-state index in [-0.39, 0.29) is 18.0 Å². The quantitative estimate of drug-likeness (QED) is 0.568. The maximum Gasteiger partial charge on any atom is 0.250 e. The second-order valence-corrected chi connectivity index (χ2v) is 7.26. The Hall–Kier alpha value is -1.39. The first-order valence-electron chi connectivity index (χ1n) is 9.96. The van der Waals surface area contributed by atoms with Crippen LogP contribution in [0.4, 0.5) is 0 Å². The summed E-state index contributed by atoms with van der Waals surface area (Å²) in [7, 11) is 0. The molecule has 0 heterocycles. The Bertz CT molecular complexity index is 486. The number of unbranched alkanes of at least 4 members (excludes halogenated alkanes) is 2. The molecule has 140 valence electrons. The zero-order valence-corrected chi connectivity index (χ0v) is 15.5. The van der Waals surface area contributed by atoms with E-state index >= 15 is 0 Å². The molecule has 1 aromatic rings. The fourth-order valence-corrected chi connectivity index (χ4v) is 3.55. The van der Waals surface area contributed by atoms with Gasteiger partial charge in [0.2, 0.25) is 0 Å². The average Bonchev–Trinajstić information content (AvgIpc) is 2.65. The summed E-state index contributed by atoms with van der Waals surface area (Å²) in [5.74, 6) is -0.214. The van der Waals surface area contributed by atoms with Gasteiger partial charge in [0.05, 0.1) is 0 Å². The highest BCUT2D eigenvalue weighted by atomic mass is 16.3. The van der Waals surface area contributed by atoms with Crippen molar-refractivity contribution < 1.29 is 9.90 Å². The summed E-state index contributed by atoms with van der Waals surface area (Å²) in [4.78, 5) is 12.5. The Balaban J connectivity index is 1.88. The minimum Gasteiger partial charge on any atom is -0.382 e. The Labute approximate surface area is 152 Å². The molecule has 0 radical (unpaired) electrons. The molecule has 1 fully saturated rings. The zero-order chi connectivity index (χ0) is 17.9. The molecule has 2 rings (SSSR count).